The molecule has 0 fully saturated rings. The number of furan rings is 1. The standard InChI is InChI=1S/C15H18FN3O2/c1-19(2)13(14-8-5-9-21-14)10-17-15(20)18-12-7-4-3-6-11(12)16/h3-9,13H,10H2,1-2H3,(H2,17,18,20). The first-order valence-corrected chi connectivity index (χ1v) is 6.57. The third kappa shape index (κ3) is 4.06. The van der Waals surface area contributed by atoms with Crippen LogP contribution < -0.4 is 10.6 Å². The largest absolute Gasteiger partial charge is 0.468 e. The molecule has 2 rings (SSSR count). The number of likely N-dealkylation sites (N-methyl/N-ethyl adjacent to an activating group) is 1. The number of urea groups is 1. The number of rotatable bonds is 5. The van der Waals surface area contributed by atoms with Crippen LogP contribution in [0.2, 0.25) is 0 Å². The van der Waals surface area contributed by atoms with Crippen molar-refractivity contribution >= 4 is 11.7 Å². The Morgan fingerprint density at radius 1 is 1.29 bits per heavy atom. The fourth-order valence-electron chi connectivity index (χ4n) is 1.94. The Labute approximate surface area is 122 Å². The summed E-state index contributed by atoms with van der Waals surface area (Å²) in [7, 11) is 3.78. The fraction of sp³-hybridized carbons (Fsp3) is 0.267. The molecule has 2 amide bonds. The van der Waals surface area contributed by atoms with Gasteiger partial charge in [0.15, 0.2) is 0 Å². The third-order valence-electron chi connectivity index (χ3n) is 3.07. The second-order valence-corrected chi connectivity index (χ2v) is 4.81. The Balaban J connectivity index is 1.92. The van der Waals surface area contributed by atoms with Crippen molar-refractivity contribution in [2.75, 3.05) is 26.0 Å². The minimum absolute atomic E-state index is 0.0913. The Bertz CT molecular complexity index is 584. The molecule has 0 aliphatic rings. The van der Waals surface area contributed by atoms with Crippen LogP contribution in [0.15, 0.2) is 47.1 Å². The molecule has 0 spiro atoms. The van der Waals surface area contributed by atoms with Crippen LogP contribution in [0, 0.1) is 5.82 Å². The number of nitrogens with zero attached hydrogens (tertiary/aromatic N) is 1. The van der Waals surface area contributed by atoms with E-state index < -0.39 is 11.8 Å². The number of halogens is 1. The Kier molecular flexibility index (Phi) is 4.94. The SMILES string of the molecule is CN(C)C(CNC(=O)Nc1ccccc1F)c1ccco1. The van der Waals surface area contributed by atoms with Gasteiger partial charge >= 0.3 is 6.03 Å². The molecule has 0 aliphatic heterocycles. The number of hydrogen-bond donors (Lipinski definition) is 2. The molecule has 1 unspecified atom stereocenters. The molecule has 1 aromatic carbocycles. The molecule has 0 bridgehead atoms. The summed E-state index contributed by atoms with van der Waals surface area (Å²) in [6, 6.07) is 9.12. The molecule has 1 heterocycles. The quantitative estimate of drug-likeness (QED) is 0.890. The van der Waals surface area contributed by atoms with E-state index in [1.54, 1.807) is 24.5 Å². The van der Waals surface area contributed by atoms with Crippen molar-refractivity contribution in [2.45, 2.75) is 6.04 Å². The van der Waals surface area contributed by atoms with Crippen molar-refractivity contribution in [3.05, 3.63) is 54.2 Å². The van der Waals surface area contributed by atoms with Gasteiger partial charge in [-0.05, 0) is 38.4 Å². The van der Waals surface area contributed by atoms with Crippen LogP contribution >= 0.6 is 0 Å². The van der Waals surface area contributed by atoms with Gasteiger partial charge in [0.25, 0.3) is 0 Å². The predicted octanol–water partition coefficient (Wildman–Crippen LogP) is 2.84. The molecule has 0 radical (unpaired) electrons. The lowest BCUT2D eigenvalue weighted by atomic mass is 10.2. The second-order valence-electron chi connectivity index (χ2n) is 4.81. The molecular formula is C15H18FN3O2. The predicted molar refractivity (Wildman–Crippen MR) is 78.6 cm³/mol. The zero-order valence-electron chi connectivity index (χ0n) is 12.0. The second kappa shape index (κ2) is 6.90. The topological polar surface area (TPSA) is 57.5 Å². The van der Waals surface area contributed by atoms with Gasteiger partial charge in [0.1, 0.15) is 11.6 Å². The van der Waals surface area contributed by atoms with E-state index in [1.165, 1.54) is 12.1 Å². The van der Waals surface area contributed by atoms with Crippen LogP contribution in [-0.2, 0) is 0 Å². The molecule has 0 saturated carbocycles. The van der Waals surface area contributed by atoms with Crippen molar-refractivity contribution in [1.29, 1.82) is 0 Å². The Morgan fingerprint density at radius 3 is 2.67 bits per heavy atom. The van der Waals surface area contributed by atoms with Crippen molar-refractivity contribution < 1.29 is 13.6 Å². The van der Waals surface area contributed by atoms with Gasteiger partial charge in [-0.3, -0.25) is 4.90 Å². The number of amides is 2. The Hall–Kier alpha value is -2.34. The fourth-order valence-corrected chi connectivity index (χ4v) is 1.94. The molecule has 21 heavy (non-hydrogen) atoms. The van der Waals surface area contributed by atoms with E-state index in [0.29, 0.717) is 6.54 Å². The van der Waals surface area contributed by atoms with Crippen LogP contribution in [0.3, 0.4) is 0 Å². The maximum absolute atomic E-state index is 13.4. The summed E-state index contributed by atoms with van der Waals surface area (Å²) in [4.78, 5) is 13.8. The molecular weight excluding hydrogens is 273 g/mol. The van der Waals surface area contributed by atoms with Crippen molar-refractivity contribution in [2.24, 2.45) is 0 Å². The zero-order valence-corrected chi connectivity index (χ0v) is 12.0. The minimum Gasteiger partial charge on any atom is -0.468 e. The first-order chi connectivity index (χ1) is 10.1. The number of benzene rings is 1. The lowest BCUT2D eigenvalue weighted by Gasteiger charge is -2.22. The summed E-state index contributed by atoms with van der Waals surface area (Å²) < 4.78 is 18.8. The van der Waals surface area contributed by atoms with Gasteiger partial charge < -0.3 is 15.1 Å². The third-order valence-corrected chi connectivity index (χ3v) is 3.07. The van der Waals surface area contributed by atoms with Crippen LogP contribution in [0.25, 0.3) is 0 Å². The normalized spacial score (nSPS) is 12.2. The number of para-hydroxylation sites is 1. The van der Waals surface area contributed by atoms with Gasteiger partial charge in [-0.25, -0.2) is 9.18 Å². The van der Waals surface area contributed by atoms with Crippen LogP contribution in [-0.4, -0.2) is 31.6 Å². The van der Waals surface area contributed by atoms with E-state index in [0.717, 1.165) is 5.76 Å². The molecule has 1 atom stereocenters. The lowest BCUT2D eigenvalue weighted by Crippen LogP contribution is -2.36. The molecule has 2 N–H and O–H groups in total. The molecule has 5 nitrogen and oxygen atoms in total. The molecule has 1 aromatic heterocycles. The van der Waals surface area contributed by atoms with Gasteiger partial charge in [-0.1, -0.05) is 12.1 Å². The number of hydrogen-bond acceptors (Lipinski definition) is 3. The molecule has 112 valence electrons. The number of carbonyl (C=O) groups is 1. The average Bonchev–Trinajstić information content (AvgIpc) is 2.95. The van der Waals surface area contributed by atoms with Gasteiger partial charge in [-0.2, -0.15) is 0 Å². The van der Waals surface area contributed by atoms with E-state index in [-0.39, 0.29) is 11.7 Å². The maximum atomic E-state index is 13.4. The van der Waals surface area contributed by atoms with Gasteiger partial charge in [0, 0.05) is 6.54 Å². The first kappa shape index (κ1) is 15.1. The van der Waals surface area contributed by atoms with E-state index in [1.807, 2.05) is 25.1 Å². The van der Waals surface area contributed by atoms with E-state index in [4.69, 9.17) is 4.42 Å². The van der Waals surface area contributed by atoms with Gasteiger partial charge in [-0.15, -0.1) is 0 Å². The monoisotopic (exact) mass is 291 g/mol. The van der Waals surface area contributed by atoms with Gasteiger partial charge in [0.2, 0.25) is 0 Å². The summed E-state index contributed by atoms with van der Waals surface area (Å²) in [6.07, 6.45) is 1.59. The highest BCUT2D eigenvalue weighted by atomic mass is 19.1. The van der Waals surface area contributed by atoms with Crippen LogP contribution in [0.4, 0.5) is 14.9 Å². The first-order valence-electron chi connectivity index (χ1n) is 6.57. The van der Waals surface area contributed by atoms with Gasteiger partial charge in [0.05, 0.1) is 18.0 Å². The highest BCUT2D eigenvalue weighted by molar-refractivity contribution is 5.89. The summed E-state index contributed by atoms with van der Waals surface area (Å²) in [6.45, 7) is 0.348. The van der Waals surface area contributed by atoms with Crippen LogP contribution in [0.1, 0.15) is 11.8 Å². The molecule has 2 aromatic rings. The highest BCUT2D eigenvalue weighted by Crippen LogP contribution is 2.17. The summed E-state index contributed by atoms with van der Waals surface area (Å²) >= 11 is 0. The number of anilines is 1. The van der Waals surface area contributed by atoms with Crippen molar-refractivity contribution in [1.82, 2.24) is 10.2 Å². The van der Waals surface area contributed by atoms with Crippen LogP contribution in [0.5, 0.6) is 0 Å². The van der Waals surface area contributed by atoms with E-state index in [2.05, 4.69) is 10.6 Å². The smallest absolute Gasteiger partial charge is 0.319 e. The van der Waals surface area contributed by atoms with Crippen molar-refractivity contribution in [3.8, 4) is 0 Å². The number of nitrogens with one attached hydrogen (secondary N) is 2. The maximum Gasteiger partial charge on any atom is 0.319 e. The summed E-state index contributed by atoms with van der Waals surface area (Å²) in [5.74, 6) is 0.286. The van der Waals surface area contributed by atoms with E-state index >= 15 is 0 Å². The van der Waals surface area contributed by atoms with Crippen molar-refractivity contribution in [3.63, 3.8) is 0 Å². The lowest BCUT2D eigenvalue weighted by molar-refractivity contribution is 0.233. The molecule has 0 aliphatic carbocycles. The summed E-state index contributed by atoms with van der Waals surface area (Å²) in [5.41, 5.74) is 0.148. The Morgan fingerprint density at radius 2 is 2.05 bits per heavy atom. The molecule has 0 saturated heterocycles. The zero-order chi connectivity index (χ0) is 15.2. The minimum atomic E-state index is -0.470. The number of carbonyl (C=O) groups excluding carboxylic acids is 1. The average molecular weight is 291 g/mol. The molecule has 6 heteroatoms. The summed E-state index contributed by atoms with van der Waals surface area (Å²) in [5, 5.41) is 5.19. The van der Waals surface area contributed by atoms with E-state index in [9.17, 15) is 9.18 Å². The highest BCUT2D eigenvalue weighted by Gasteiger charge is 2.18.